The molecule has 0 aliphatic heterocycles. The summed E-state index contributed by atoms with van der Waals surface area (Å²) in [6.45, 7) is 0.833. The maximum atomic E-state index is 9.27. The minimum atomic E-state index is 0.0147. The monoisotopic (exact) mass is 312 g/mol. The smallest absolute Gasteiger partial charge is 0.0717 e. The summed E-state index contributed by atoms with van der Waals surface area (Å²) in [5.41, 5.74) is 3.12. The maximum absolute atomic E-state index is 9.27. The van der Waals surface area contributed by atoms with E-state index in [4.69, 9.17) is 0 Å². The molecule has 0 atom stereocenters. The summed E-state index contributed by atoms with van der Waals surface area (Å²) >= 11 is 5.14. The van der Waals surface area contributed by atoms with E-state index in [9.17, 15) is 5.11 Å². The van der Waals surface area contributed by atoms with Crippen LogP contribution in [0.25, 0.3) is 0 Å². The van der Waals surface area contributed by atoms with E-state index in [0.29, 0.717) is 0 Å². The van der Waals surface area contributed by atoms with Crippen LogP contribution in [0.5, 0.6) is 0 Å². The van der Waals surface area contributed by atoms with Crippen LogP contribution in [0.4, 0.5) is 5.69 Å². The minimum absolute atomic E-state index is 0.0147. The number of aromatic nitrogens is 1. The summed E-state index contributed by atoms with van der Waals surface area (Å²) in [7, 11) is 2.01. The lowest BCUT2D eigenvalue weighted by atomic mass is 10.2. The summed E-state index contributed by atoms with van der Waals surface area (Å²) in [6, 6.07) is 4.04. The molecular weight excluding hydrogens is 300 g/mol. The molecule has 3 nitrogen and oxygen atoms in total. The highest BCUT2D eigenvalue weighted by Crippen LogP contribution is 2.24. The molecule has 5 heteroatoms. The van der Waals surface area contributed by atoms with Gasteiger partial charge in [-0.15, -0.1) is 11.3 Å². The van der Waals surface area contributed by atoms with Crippen LogP contribution in [0.2, 0.25) is 0 Å². The molecule has 2 aromatic rings. The van der Waals surface area contributed by atoms with Gasteiger partial charge in [-0.2, -0.15) is 0 Å². The summed E-state index contributed by atoms with van der Waals surface area (Å²) < 4.78 is 1.14. The molecule has 0 amide bonds. The Balaban J connectivity index is 2.16. The van der Waals surface area contributed by atoms with Crippen molar-refractivity contribution < 1.29 is 5.11 Å². The van der Waals surface area contributed by atoms with Crippen molar-refractivity contribution in [2.75, 3.05) is 11.9 Å². The number of aliphatic hydroxyl groups excluding tert-OH is 1. The van der Waals surface area contributed by atoms with Gasteiger partial charge in [0, 0.05) is 37.2 Å². The zero-order valence-electron chi connectivity index (χ0n) is 9.43. The molecule has 90 valence electrons. The lowest BCUT2D eigenvalue weighted by Gasteiger charge is -2.21. The molecule has 2 aromatic heterocycles. The standard InChI is InChI=1S/C12H13BrN2OS/c1-15(6-9-4-12(13)17-8-9)11-2-3-14-5-10(11)7-16/h2-5,8,16H,6-7H2,1H3. The molecule has 2 rings (SSSR count). The number of aliphatic hydroxyl groups is 1. The van der Waals surface area contributed by atoms with Crippen LogP contribution in [-0.2, 0) is 13.2 Å². The third kappa shape index (κ3) is 3.06. The van der Waals surface area contributed by atoms with Crippen molar-refractivity contribution >= 4 is 33.0 Å². The first-order chi connectivity index (χ1) is 8.20. The predicted octanol–water partition coefficient (Wildman–Crippen LogP) is 3.03. The summed E-state index contributed by atoms with van der Waals surface area (Å²) in [6.07, 6.45) is 3.45. The van der Waals surface area contributed by atoms with E-state index < -0.39 is 0 Å². The fraction of sp³-hybridized carbons (Fsp3) is 0.250. The van der Waals surface area contributed by atoms with Crippen LogP contribution >= 0.6 is 27.3 Å². The summed E-state index contributed by atoms with van der Waals surface area (Å²) in [4.78, 5) is 6.13. The van der Waals surface area contributed by atoms with Gasteiger partial charge < -0.3 is 10.0 Å². The van der Waals surface area contributed by atoms with Gasteiger partial charge in [-0.25, -0.2) is 0 Å². The number of hydrogen-bond donors (Lipinski definition) is 1. The highest BCUT2D eigenvalue weighted by molar-refractivity contribution is 9.11. The highest BCUT2D eigenvalue weighted by atomic mass is 79.9. The van der Waals surface area contributed by atoms with Crippen LogP contribution in [0.1, 0.15) is 11.1 Å². The van der Waals surface area contributed by atoms with E-state index in [0.717, 1.165) is 21.6 Å². The van der Waals surface area contributed by atoms with Gasteiger partial charge in [-0.3, -0.25) is 4.98 Å². The van der Waals surface area contributed by atoms with Crippen molar-refractivity contribution in [3.8, 4) is 0 Å². The Labute approximate surface area is 113 Å². The number of nitrogens with zero attached hydrogens (tertiary/aromatic N) is 2. The van der Waals surface area contributed by atoms with Gasteiger partial charge in [0.1, 0.15) is 0 Å². The Kier molecular flexibility index (Phi) is 4.15. The number of anilines is 1. The van der Waals surface area contributed by atoms with E-state index in [1.165, 1.54) is 5.56 Å². The Bertz CT molecular complexity index is 501. The lowest BCUT2D eigenvalue weighted by molar-refractivity contribution is 0.281. The number of rotatable bonds is 4. The molecular formula is C12H13BrN2OS. The van der Waals surface area contributed by atoms with Crippen molar-refractivity contribution in [1.29, 1.82) is 0 Å². The Morgan fingerprint density at radius 2 is 2.35 bits per heavy atom. The Hall–Kier alpha value is -0.910. The fourth-order valence-corrected chi connectivity index (χ4v) is 2.90. The average Bonchev–Trinajstić information content (AvgIpc) is 2.74. The van der Waals surface area contributed by atoms with Crippen LogP contribution in [-0.4, -0.2) is 17.1 Å². The normalized spacial score (nSPS) is 10.5. The second kappa shape index (κ2) is 5.62. The van der Waals surface area contributed by atoms with E-state index in [1.807, 2.05) is 13.1 Å². The van der Waals surface area contributed by atoms with Crippen molar-refractivity contribution in [3.05, 3.63) is 44.8 Å². The van der Waals surface area contributed by atoms with Crippen LogP contribution in [0.15, 0.2) is 33.7 Å². The van der Waals surface area contributed by atoms with Gasteiger partial charge in [0.05, 0.1) is 10.4 Å². The van der Waals surface area contributed by atoms with Crippen molar-refractivity contribution in [2.24, 2.45) is 0 Å². The molecule has 0 fully saturated rings. The molecule has 0 radical (unpaired) electrons. The third-order valence-electron chi connectivity index (χ3n) is 2.50. The first-order valence-corrected chi connectivity index (χ1v) is 6.85. The van der Waals surface area contributed by atoms with Gasteiger partial charge in [0.2, 0.25) is 0 Å². The minimum Gasteiger partial charge on any atom is -0.392 e. The molecule has 0 aliphatic rings. The van der Waals surface area contributed by atoms with E-state index in [1.54, 1.807) is 23.7 Å². The zero-order valence-corrected chi connectivity index (χ0v) is 11.8. The second-order valence-electron chi connectivity index (χ2n) is 3.78. The van der Waals surface area contributed by atoms with E-state index in [-0.39, 0.29) is 6.61 Å². The van der Waals surface area contributed by atoms with Crippen LogP contribution in [0.3, 0.4) is 0 Å². The highest BCUT2D eigenvalue weighted by Gasteiger charge is 2.08. The Morgan fingerprint density at radius 3 is 3.00 bits per heavy atom. The topological polar surface area (TPSA) is 36.4 Å². The summed E-state index contributed by atoms with van der Waals surface area (Å²) in [5, 5.41) is 11.4. The molecule has 1 N–H and O–H groups in total. The van der Waals surface area contributed by atoms with Crippen molar-refractivity contribution in [3.63, 3.8) is 0 Å². The Morgan fingerprint density at radius 1 is 1.53 bits per heavy atom. The first-order valence-electron chi connectivity index (χ1n) is 5.18. The zero-order chi connectivity index (χ0) is 12.3. The molecule has 0 saturated carbocycles. The molecule has 0 unspecified atom stereocenters. The molecule has 0 saturated heterocycles. The van der Waals surface area contributed by atoms with Gasteiger partial charge in [-0.05, 0) is 39.0 Å². The van der Waals surface area contributed by atoms with E-state index in [2.05, 4.69) is 37.3 Å². The van der Waals surface area contributed by atoms with E-state index >= 15 is 0 Å². The largest absolute Gasteiger partial charge is 0.392 e. The molecule has 0 aliphatic carbocycles. The number of thiophene rings is 1. The summed E-state index contributed by atoms with van der Waals surface area (Å²) in [5.74, 6) is 0. The number of halogens is 1. The average molecular weight is 313 g/mol. The number of hydrogen-bond acceptors (Lipinski definition) is 4. The quantitative estimate of drug-likeness (QED) is 0.942. The molecule has 0 bridgehead atoms. The second-order valence-corrected chi connectivity index (χ2v) is 6.07. The van der Waals surface area contributed by atoms with Gasteiger partial charge >= 0.3 is 0 Å². The van der Waals surface area contributed by atoms with Crippen LogP contribution in [0, 0.1) is 0 Å². The lowest BCUT2D eigenvalue weighted by Crippen LogP contribution is -2.17. The maximum Gasteiger partial charge on any atom is 0.0717 e. The first kappa shape index (κ1) is 12.5. The molecule has 0 spiro atoms. The van der Waals surface area contributed by atoms with Crippen molar-refractivity contribution in [1.82, 2.24) is 4.98 Å². The third-order valence-corrected chi connectivity index (χ3v) is 4.05. The SMILES string of the molecule is CN(Cc1csc(Br)c1)c1ccncc1CO. The molecule has 2 heterocycles. The predicted molar refractivity (Wildman–Crippen MR) is 74.3 cm³/mol. The molecule has 17 heavy (non-hydrogen) atoms. The van der Waals surface area contributed by atoms with Gasteiger partial charge in [0.15, 0.2) is 0 Å². The number of pyridine rings is 1. The van der Waals surface area contributed by atoms with Crippen molar-refractivity contribution in [2.45, 2.75) is 13.2 Å². The van der Waals surface area contributed by atoms with Crippen LogP contribution < -0.4 is 4.90 Å². The van der Waals surface area contributed by atoms with Gasteiger partial charge in [-0.1, -0.05) is 0 Å². The van der Waals surface area contributed by atoms with Gasteiger partial charge in [0.25, 0.3) is 0 Å². The fourth-order valence-electron chi connectivity index (χ4n) is 1.70. The molecule has 0 aromatic carbocycles.